The molecule has 0 saturated carbocycles. The van der Waals surface area contributed by atoms with Crippen LogP contribution in [0.2, 0.25) is 0 Å². The van der Waals surface area contributed by atoms with Gasteiger partial charge >= 0.3 is 0 Å². The van der Waals surface area contributed by atoms with Crippen molar-refractivity contribution in [2.45, 2.75) is 33.8 Å². The molecule has 0 aliphatic rings. The quantitative estimate of drug-likeness (QED) is 0.843. The molecule has 0 spiro atoms. The van der Waals surface area contributed by atoms with Crippen LogP contribution in [0.4, 0.5) is 11.4 Å². The lowest BCUT2D eigenvalue weighted by Gasteiger charge is -2.15. The van der Waals surface area contributed by atoms with Crippen LogP contribution in [0, 0.1) is 13.8 Å². The van der Waals surface area contributed by atoms with Crippen LogP contribution in [0.1, 0.15) is 25.0 Å². The van der Waals surface area contributed by atoms with Crippen LogP contribution in [0.5, 0.6) is 5.75 Å². The summed E-state index contributed by atoms with van der Waals surface area (Å²) in [4.78, 5) is 12.2. The van der Waals surface area contributed by atoms with E-state index in [2.05, 4.69) is 23.6 Å². The topological polar surface area (TPSA) is 50.4 Å². The second-order valence-electron chi connectivity index (χ2n) is 5.81. The van der Waals surface area contributed by atoms with E-state index in [1.54, 1.807) is 0 Å². The summed E-state index contributed by atoms with van der Waals surface area (Å²) < 4.78 is 5.71. The fourth-order valence-electron chi connectivity index (χ4n) is 2.24. The minimum absolute atomic E-state index is 0.0566. The number of amides is 1. The number of anilines is 2. The predicted molar refractivity (Wildman–Crippen MR) is 95.2 cm³/mol. The molecule has 2 aromatic carbocycles. The molecule has 0 radical (unpaired) electrons. The van der Waals surface area contributed by atoms with Crippen LogP contribution in [0.3, 0.4) is 0 Å². The molecule has 23 heavy (non-hydrogen) atoms. The Morgan fingerprint density at radius 3 is 2.48 bits per heavy atom. The van der Waals surface area contributed by atoms with Gasteiger partial charge in [0.05, 0.1) is 18.3 Å². The van der Waals surface area contributed by atoms with Crippen molar-refractivity contribution in [3.8, 4) is 5.75 Å². The van der Waals surface area contributed by atoms with Crippen LogP contribution in [0.25, 0.3) is 0 Å². The first-order valence-corrected chi connectivity index (χ1v) is 7.83. The molecule has 0 fully saturated rings. The van der Waals surface area contributed by atoms with Gasteiger partial charge in [0.1, 0.15) is 5.75 Å². The predicted octanol–water partition coefficient (Wildman–Crippen LogP) is 4.14. The molecule has 0 heterocycles. The average molecular weight is 312 g/mol. The van der Waals surface area contributed by atoms with Gasteiger partial charge in [-0.15, -0.1) is 0 Å². The number of aryl methyl sites for hydroxylation is 1. The molecule has 2 rings (SSSR count). The number of carbonyl (C=O) groups excluding carboxylic acids is 1. The van der Waals surface area contributed by atoms with E-state index in [1.165, 1.54) is 5.56 Å². The highest BCUT2D eigenvalue weighted by atomic mass is 16.5. The van der Waals surface area contributed by atoms with Crippen LogP contribution < -0.4 is 15.4 Å². The minimum Gasteiger partial charge on any atom is -0.489 e. The van der Waals surface area contributed by atoms with Gasteiger partial charge in [0.15, 0.2) is 0 Å². The number of hydrogen-bond acceptors (Lipinski definition) is 3. The number of para-hydroxylation sites is 2. The van der Waals surface area contributed by atoms with Gasteiger partial charge in [-0.1, -0.05) is 24.3 Å². The normalized spacial score (nSPS) is 10.5. The van der Waals surface area contributed by atoms with Crippen molar-refractivity contribution in [2.75, 3.05) is 17.2 Å². The van der Waals surface area contributed by atoms with Crippen molar-refractivity contribution in [3.63, 3.8) is 0 Å². The maximum atomic E-state index is 12.2. The van der Waals surface area contributed by atoms with Gasteiger partial charge in [-0.3, -0.25) is 4.79 Å². The molecule has 122 valence electrons. The average Bonchev–Trinajstić information content (AvgIpc) is 2.50. The lowest BCUT2D eigenvalue weighted by molar-refractivity contribution is -0.114. The zero-order valence-corrected chi connectivity index (χ0v) is 14.1. The second-order valence-corrected chi connectivity index (χ2v) is 5.81. The van der Waals surface area contributed by atoms with Crippen molar-refractivity contribution in [1.29, 1.82) is 0 Å². The van der Waals surface area contributed by atoms with Crippen molar-refractivity contribution >= 4 is 17.3 Å². The Labute approximate surface area is 137 Å². The molecule has 4 heteroatoms. The molecular weight excluding hydrogens is 288 g/mol. The van der Waals surface area contributed by atoms with E-state index in [1.807, 2.05) is 57.2 Å². The van der Waals surface area contributed by atoms with Gasteiger partial charge in [0.2, 0.25) is 5.91 Å². The van der Waals surface area contributed by atoms with E-state index in [0.29, 0.717) is 11.4 Å². The highest BCUT2D eigenvalue weighted by Crippen LogP contribution is 2.25. The summed E-state index contributed by atoms with van der Waals surface area (Å²) in [6.07, 6.45) is 0.0566. The first kappa shape index (κ1) is 16.9. The molecule has 1 amide bonds. The second kappa shape index (κ2) is 7.68. The summed E-state index contributed by atoms with van der Waals surface area (Å²) in [6, 6.07) is 13.5. The fourth-order valence-corrected chi connectivity index (χ4v) is 2.24. The number of nitrogens with one attached hydrogen (secondary N) is 2. The summed E-state index contributed by atoms with van der Waals surface area (Å²) in [5, 5.41) is 6.07. The van der Waals surface area contributed by atoms with Crippen LogP contribution in [-0.2, 0) is 4.79 Å². The molecule has 0 aliphatic heterocycles. The summed E-state index contributed by atoms with van der Waals surface area (Å²) in [7, 11) is 0. The summed E-state index contributed by atoms with van der Waals surface area (Å²) in [5.74, 6) is 0.577. The molecule has 0 aliphatic carbocycles. The third-order valence-electron chi connectivity index (χ3n) is 3.57. The zero-order valence-electron chi connectivity index (χ0n) is 14.1. The van der Waals surface area contributed by atoms with Crippen molar-refractivity contribution < 1.29 is 9.53 Å². The number of rotatable bonds is 6. The molecule has 2 aromatic rings. The SMILES string of the molecule is Cc1cccc(NCC(=O)Nc2ccccc2OC(C)C)c1C. The molecule has 0 saturated heterocycles. The third kappa shape index (κ3) is 4.74. The number of carbonyl (C=O) groups is 1. The van der Waals surface area contributed by atoms with E-state index in [9.17, 15) is 4.79 Å². The number of hydrogen-bond donors (Lipinski definition) is 2. The van der Waals surface area contributed by atoms with Gasteiger partial charge in [-0.25, -0.2) is 0 Å². The van der Waals surface area contributed by atoms with Crippen molar-refractivity contribution in [2.24, 2.45) is 0 Å². The summed E-state index contributed by atoms with van der Waals surface area (Å²) in [5.41, 5.74) is 4.02. The molecule has 0 unspecified atom stereocenters. The molecular formula is C19H24N2O2. The Hall–Kier alpha value is -2.49. The van der Waals surface area contributed by atoms with Crippen LogP contribution >= 0.6 is 0 Å². The van der Waals surface area contributed by atoms with E-state index >= 15 is 0 Å². The first-order chi connectivity index (χ1) is 11.0. The number of benzene rings is 2. The standard InChI is InChI=1S/C19H24N2O2/c1-13(2)23-18-11-6-5-9-17(18)21-19(22)12-20-16-10-7-8-14(3)15(16)4/h5-11,13,20H,12H2,1-4H3,(H,21,22). The van der Waals surface area contributed by atoms with Gasteiger partial charge < -0.3 is 15.4 Å². The maximum absolute atomic E-state index is 12.2. The Bertz CT molecular complexity index is 681. The van der Waals surface area contributed by atoms with Crippen LogP contribution in [0.15, 0.2) is 42.5 Å². The van der Waals surface area contributed by atoms with Crippen LogP contribution in [-0.4, -0.2) is 18.6 Å². The molecule has 0 atom stereocenters. The Balaban J connectivity index is 1.99. The first-order valence-electron chi connectivity index (χ1n) is 7.83. The van der Waals surface area contributed by atoms with Gasteiger partial charge in [0, 0.05) is 5.69 Å². The smallest absolute Gasteiger partial charge is 0.243 e. The monoisotopic (exact) mass is 312 g/mol. The Morgan fingerprint density at radius 2 is 1.74 bits per heavy atom. The molecule has 0 aromatic heterocycles. The van der Waals surface area contributed by atoms with Gasteiger partial charge in [-0.05, 0) is 57.0 Å². The number of ether oxygens (including phenoxy) is 1. The molecule has 4 nitrogen and oxygen atoms in total. The minimum atomic E-state index is -0.106. The summed E-state index contributed by atoms with van der Waals surface area (Å²) in [6.45, 7) is 8.23. The van der Waals surface area contributed by atoms with Gasteiger partial charge in [0.25, 0.3) is 0 Å². The largest absolute Gasteiger partial charge is 0.489 e. The van der Waals surface area contributed by atoms with E-state index in [-0.39, 0.29) is 18.6 Å². The maximum Gasteiger partial charge on any atom is 0.243 e. The molecule has 0 bridgehead atoms. The Kier molecular flexibility index (Phi) is 5.63. The zero-order chi connectivity index (χ0) is 16.8. The van der Waals surface area contributed by atoms with Gasteiger partial charge in [-0.2, -0.15) is 0 Å². The Morgan fingerprint density at radius 1 is 1.04 bits per heavy atom. The van der Waals surface area contributed by atoms with Crippen molar-refractivity contribution in [3.05, 3.63) is 53.6 Å². The lowest BCUT2D eigenvalue weighted by atomic mass is 10.1. The van der Waals surface area contributed by atoms with E-state index in [0.717, 1.165) is 11.3 Å². The lowest BCUT2D eigenvalue weighted by Crippen LogP contribution is -2.22. The summed E-state index contributed by atoms with van der Waals surface area (Å²) >= 11 is 0. The highest BCUT2D eigenvalue weighted by molar-refractivity contribution is 5.95. The van der Waals surface area contributed by atoms with E-state index < -0.39 is 0 Å². The fraction of sp³-hybridized carbons (Fsp3) is 0.316. The third-order valence-corrected chi connectivity index (χ3v) is 3.57. The van der Waals surface area contributed by atoms with E-state index in [4.69, 9.17) is 4.74 Å². The van der Waals surface area contributed by atoms with Crippen molar-refractivity contribution in [1.82, 2.24) is 0 Å². The molecule has 2 N–H and O–H groups in total. The highest BCUT2D eigenvalue weighted by Gasteiger charge is 2.09.